The van der Waals surface area contributed by atoms with Gasteiger partial charge in [0.1, 0.15) is 5.76 Å². The van der Waals surface area contributed by atoms with Gasteiger partial charge in [0.2, 0.25) is 5.89 Å². The summed E-state index contributed by atoms with van der Waals surface area (Å²) in [5.41, 5.74) is 4.08. The molecule has 4 aromatic rings. The molecule has 7 rings (SSSR count). The number of oxazole rings is 1. The smallest absolute Gasteiger partial charge is 0.261 e. The van der Waals surface area contributed by atoms with Crippen molar-refractivity contribution in [3.05, 3.63) is 81.3 Å². The molecule has 1 atom stereocenters. The number of halogens is 2. The number of carbonyl (C=O) groups is 2. The SMILES string of the molecule is Cc1cnc(-c2c(CCC3CCOCC3)nc3c(c2-c2ccc(C(=O)NCc4ccc(F)c(F)c4)s2)C(=O)N2CCC[C@H]32)o1. The Morgan fingerprint density at radius 3 is 2.70 bits per heavy atom. The molecule has 0 aliphatic carbocycles. The average molecular weight is 619 g/mol. The van der Waals surface area contributed by atoms with E-state index in [1.54, 1.807) is 12.3 Å². The minimum absolute atomic E-state index is 0.0419. The van der Waals surface area contributed by atoms with Crippen LogP contribution < -0.4 is 5.32 Å². The Balaban J connectivity index is 1.29. The lowest BCUT2D eigenvalue weighted by Crippen LogP contribution is -2.23. The zero-order chi connectivity index (χ0) is 30.4. The van der Waals surface area contributed by atoms with Gasteiger partial charge in [-0.15, -0.1) is 11.3 Å². The second-order valence-corrected chi connectivity index (χ2v) is 12.8. The number of rotatable bonds is 8. The number of hydrogen-bond donors (Lipinski definition) is 1. The second kappa shape index (κ2) is 11.9. The second-order valence-electron chi connectivity index (χ2n) is 11.7. The molecule has 3 aliphatic rings. The molecule has 2 saturated heterocycles. The molecule has 0 bridgehead atoms. The van der Waals surface area contributed by atoms with Gasteiger partial charge in [-0.2, -0.15) is 0 Å². The number of pyridine rings is 1. The molecule has 2 amide bonds. The number of hydrogen-bond acceptors (Lipinski definition) is 7. The topological polar surface area (TPSA) is 97.6 Å². The highest BCUT2D eigenvalue weighted by Crippen LogP contribution is 2.49. The molecule has 1 N–H and O–H groups in total. The van der Waals surface area contributed by atoms with E-state index in [9.17, 15) is 18.4 Å². The summed E-state index contributed by atoms with van der Waals surface area (Å²) in [5, 5.41) is 2.79. The zero-order valence-corrected chi connectivity index (χ0v) is 25.1. The first kappa shape index (κ1) is 28.8. The summed E-state index contributed by atoms with van der Waals surface area (Å²) in [6.07, 6.45) is 7.13. The van der Waals surface area contributed by atoms with Crippen molar-refractivity contribution in [2.45, 2.75) is 58.0 Å². The van der Waals surface area contributed by atoms with Gasteiger partial charge in [0.25, 0.3) is 11.8 Å². The van der Waals surface area contributed by atoms with Crippen molar-refractivity contribution in [1.29, 1.82) is 0 Å². The van der Waals surface area contributed by atoms with Crippen LogP contribution >= 0.6 is 11.3 Å². The summed E-state index contributed by atoms with van der Waals surface area (Å²) < 4.78 is 38.7. The number of nitrogens with one attached hydrogen (secondary N) is 1. The molecule has 0 spiro atoms. The number of ether oxygens (including phenoxy) is 1. The van der Waals surface area contributed by atoms with Crippen LogP contribution in [0.1, 0.15) is 80.9 Å². The van der Waals surface area contributed by atoms with Crippen LogP contribution in [0, 0.1) is 24.5 Å². The third kappa shape index (κ3) is 5.32. The predicted octanol–water partition coefficient (Wildman–Crippen LogP) is 6.63. The van der Waals surface area contributed by atoms with Crippen LogP contribution in [0.5, 0.6) is 0 Å². The minimum Gasteiger partial charge on any atom is -0.441 e. The highest BCUT2D eigenvalue weighted by Gasteiger charge is 2.44. The highest BCUT2D eigenvalue weighted by atomic mass is 32.1. The van der Waals surface area contributed by atoms with E-state index in [1.165, 1.54) is 17.4 Å². The summed E-state index contributed by atoms with van der Waals surface area (Å²) in [7, 11) is 0. The maximum atomic E-state index is 13.9. The Labute approximate surface area is 257 Å². The van der Waals surface area contributed by atoms with E-state index < -0.39 is 11.6 Å². The fraction of sp³-hybridized carbons (Fsp3) is 0.394. The summed E-state index contributed by atoms with van der Waals surface area (Å²) >= 11 is 1.27. The van der Waals surface area contributed by atoms with Crippen molar-refractivity contribution in [1.82, 2.24) is 20.2 Å². The molecule has 3 aliphatic heterocycles. The lowest BCUT2D eigenvalue weighted by Gasteiger charge is -2.22. The Bertz CT molecular complexity index is 1750. The number of fused-ring (bicyclic) bond motifs is 3. The molecule has 3 aromatic heterocycles. The van der Waals surface area contributed by atoms with Crippen molar-refractivity contribution < 1.29 is 27.5 Å². The number of amides is 2. The number of benzene rings is 1. The van der Waals surface area contributed by atoms with Gasteiger partial charge in [0.15, 0.2) is 11.6 Å². The molecule has 6 heterocycles. The maximum absolute atomic E-state index is 13.9. The minimum atomic E-state index is -0.964. The van der Waals surface area contributed by atoms with Gasteiger partial charge in [-0.3, -0.25) is 14.6 Å². The molecule has 0 saturated carbocycles. The molecule has 11 heteroatoms. The number of nitrogens with zero attached hydrogens (tertiary/aromatic N) is 3. The van der Waals surface area contributed by atoms with Crippen molar-refractivity contribution in [3.8, 4) is 21.9 Å². The van der Waals surface area contributed by atoms with Crippen molar-refractivity contribution in [2.75, 3.05) is 19.8 Å². The molecule has 0 radical (unpaired) electrons. The summed E-state index contributed by atoms with van der Waals surface area (Å²) in [5.74, 6) is -0.719. The van der Waals surface area contributed by atoms with Gasteiger partial charge in [0, 0.05) is 36.7 Å². The largest absolute Gasteiger partial charge is 0.441 e. The molecule has 1 aromatic carbocycles. The van der Waals surface area contributed by atoms with Crippen molar-refractivity contribution >= 4 is 23.2 Å². The van der Waals surface area contributed by atoms with Crippen LogP contribution in [-0.2, 0) is 17.7 Å². The first-order chi connectivity index (χ1) is 21.4. The molecule has 2 fully saturated rings. The Morgan fingerprint density at radius 2 is 1.93 bits per heavy atom. The summed E-state index contributed by atoms with van der Waals surface area (Å²) in [4.78, 5) is 40.0. The molecular formula is C33H32F2N4O4S. The fourth-order valence-corrected chi connectivity index (χ4v) is 7.55. The monoisotopic (exact) mass is 618 g/mol. The number of carbonyl (C=O) groups excluding carboxylic acids is 2. The van der Waals surface area contributed by atoms with Gasteiger partial charge in [-0.1, -0.05) is 6.07 Å². The Morgan fingerprint density at radius 1 is 1.09 bits per heavy atom. The fourth-order valence-electron chi connectivity index (χ4n) is 6.57. The van der Waals surface area contributed by atoms with E-state index in [0.29, 0.717) is 57.7 Å². The van der Waals surface area contributed by atoms with Crippen LogP contribution in [-0.4, -0.2) is 46.4 Å². The van der Waals surface area contributed by atoms with E-state index in [1.807, 2.05) is 17.9 Å². The van der Waals surface area contributed by atoms with Gasteiger partial charge in [-0.25, -0.2) is 13.8 Å². The van der Waals surface area contributed by atoms with Crippen molar-refractivity contribution in [3.63, 3.8) is 0 Å². The molecule has 44 heavy (non-hydrogen) atoms. The molecule has 228 valence electrons. The first-order valence-corrected chi connectivity index (χ1v) is 15.9. The standard InChI is InChI=1S/C33H32F2N4O4S/c1-18-16-37-32(43-18)27-23(7-5-19-10-13-42-14-11-19)38-30-24-3-2-12-39(24)33(41)29(30)28(27)25-8-9-26(44-25)31(40)36-17-20-4-6-21(34)22(35)15-20/h4,6,8-9,15-16,19,24H,2-3,5,7,10-14,17H2,1H3,(H,36,40)/t24-/m1/s1. The lowest BCUT2D eigenvalue weighted by atomic mass is 9.90. The van der Waals surface area contributed by atoms with Crippen LogP contribution in [0.15, 0.2) is 40.9 Å². The highest BCUT2D eigenvalue weighted by molar-refractivity contribution is 7.17. The predicted molar refractivity (Wildman–Crippen MR) is 160 cm³/mol. The van der Waals surface area contributed by atoms with E-state index in [-0.39, 0.29) is 24.4 Å². The van der Waals surface area contributed by atoms with Gasteiger partial charge in [-0.05, 0) is 81.2 Å². The number of aryl methyl sites for hydroxylation is 2. The van der Waals surface area contributed by atoms with Crippen LogP contribution in [0.2, 0.25) is 0 Å². The van der Waals surface area contributed by atoms with Crippen LogP contribution in [0.3, 0.4) is 0 Å². The maximum Gasteiger partial charge on any atom is 0.261 e. The Hall–Kier alpha value is -3.96. The van der Waals surface area contributed by atoms with Crippen LogP contribution in [0.4, 0.5) is 8.78 Å². The van der Waals surface area contributed by atoms with Gasteiger partial charge in [0.05, 0.1) is 39.6 Å². The van der Waals surface area contributed by atoms with E-state index >= 15 is 0 Å². The molecule has 8 nitrogen and oxygen atoms in total. The normalized spacial score (nSPS) is 18.1. The van der Waals surface area contributed by atoms with Gasteiger partial charge >= 0.3 is 0 Å². The van der Waals surface area contributed by atoms with Crippen LogP contribution in [0.25, 0.3) is 21.9 Å². The van der Waals surface area contributed by atoms with Gasteiger partial charge < -0.3 is 19.4 Å². The van der Waals surface area contributed by atoms with E-state index in [4.69, 9.17) is 14.1 Å². The third-order valence-corrected chi connectivity index (χ3v) is 9.92. The van der Waals surface area contributed by atoms with E-state index in [2.05, 4.69) is 10.3 Å². The first-order valence-electron chi connectivity index (χ1n) is 15.1. The number of aromatic nitrogens is 2. The zero-order valence-electron chi connectivity index (χ0n) is 24.3. The van der Waals surface area contributed by atoms with E-state index in [0.717, 1.165) is 73.7 Å². The third-order valence-electron chi connectivity index (χ3n) is 8.82. The average Bonchev–Trinajstić information content (AvgIpc) is 3.84. The Kier molecular flexibility index (Phi) is 7.75. The lowest BCUT2D eigenvalue weighted by molar-refractivity contribution is 0.0639. The summed E-state index contributed by atoms with van der Waals surface area (Å²) in [6.45, 7) is 4.09. The quantitative estimate of drug-likeness (QED) is 0.238. The molecular weight excluding hydrogens is 586 g/mol. The number of thiophene rings is 1. The molecule has 0 unspecified atom stereocenters. The summed E-state index contributed by atoms with van der Waals surface area (Å²) in [6, 6.07) is 7.06. The van der Waals surface area contributed by atoms with Crippen molar-refractivity contribution in [2.24, 2.45) is 5.92 Å².